The first-order valence-electron chi connectivity index (χ1n) is 9.29. The number of anilines is 1. The van der Waals surface area contributed by atoms with Crippen LogP contribution in [0.4, 0.5) is 5.69 Å². The molecule has 0 saturated heterocycles. The van der Waals surface area contributed by atoms with Crippen LogP contribution >= 0.6 is 0 Å². The monoisotopic (exact) mass is 363 g/mol. The minimum absolute atomic E-state index is 0.115. The van der Waals surface area contributed by atoms with Gasteiger partial charge in [-0.05, 0) is 56.0 Å². The molecule has 0 aromatic heterocycles. The van der Waals surface area contributed by atoms with E-state index >= 15 is 0 Å². The highest BCUT2D eigenvalue weighted by Crippen LogP contribution is 2.27. The summed E-state index contributed by atoms with van der Waals surface area (Å²) >= 11 is 0. The highest BCUT2D eigenvalue weighted by molar-refractivity contribution is 5.95. The van der Waals surface area contributed by atoms with Crippen molar-refractivity contribution < 1.29 is 14.3 Å². The molecule has 4 nitrogen and oxygen atoms in total. The predicted molar refractivity (Wildman–Crippen MR) is 109 cm³/mol. The van der Waals surface area contributed by atoms with Crippen LogP contribution in [0.25, 0.3) is 10.8 Å². The van der Waals surface area contributed by atoms with Crippen LogP contribution in [0, 0.1) is 0 Å². The van der Waals surface area contributed by atoms with E-state index in [9.17, 15) is 4.79 Å². The highest BCUT2D eigenvalue weighted by atomic mass is 16.5. The van der Waals surface area contributed by atoms with Gasteiger partial charge in [0.05, 0.1) is 6.10 Å². The van der Waals surface area contributed by atoms with Crippen molar-refractivity contribution in [2.75, 3.05) is 5.32 Å². The van der Waals surface area contributed by atoms with E-state index in [0.717, 1.165) is 28.0 Å². The van der Waals surface area contributed by atoms with E-state index in [0.29, 0.717) is 6.42 Å². The van der Waals surface area contributed by atoms with Gasteiger partial charge in [0.1, 0.15) is 11.5 Å². The number of amides is 1. The number of nitrogens with one attached hydrogen (secondary N) is 1. The van der Waals surface area contributed by atoms with Crippen molar-refractivity contribution in [1.82, 2.24) is 0 Å². The van der Waals surface area contributed by atoms with Crippen molar-refractivity contribution in [3.05, 3.63) is 66.7 Å². The van der Waals surface area contributed by atoms with Crippen molar-refractivity contribution in [2.45, 2.75) is 39.4 Å². The Morgan fingerprint density at radius 3 is 2.33 bits per heavy atom. The zero-order valence-corrected chi connectivity index (χ0v) is 15.9. The van der Waals surface area contributed by atoms with E-state index in [4.69, 9.17) is 9.47 Å². The lowest BCUT2D eigenvalue weighted by Crippen LogP contribution is -2.32. The quantitative estimate of drug-likeness (QED) is 0.609. The molecule has 0 fully saturated rings. The molecule has 0 aliphatic rings. The number of ether oxygens (including phenoxy) is 2. The molecule has 0 radical (unpaired) electrons. The standard InChI is InChI=1S/C23H25NO3/c1-4-21(27-22-11-7-9-17-8-5-6-10-20(17)22)23(25)24-18-12-14-19(15-13-18)26-16(2)3/h5-16,21H,4H2,1-3H3,(H,24,25)/t21-/m1/s1. The summed E-state index contributed by atoms with van der Waals surface area (Å²) in [6.45, 7) is 5.90. The molecule has 27 heavy (non-hydrogen) atoms. The fraction of sp³-hybridized carbons (Fsp3) is 0.261. The van der Waals surface area contributed by atoms with Crippen molar-refractivity contribution in [2.24, 2.45) is 0 Å². The molecule has 3 aromatic rings. The predicted octanol–water partition coefficient (Wildman–Crippen LogP) is 5.42. The van der Waals surface area contributed by atoms with Crippen LogP contribution in [-0.4, -0.2) is 18.1 Å². The number of hydrogen-bond donors (Lipinski definition) is 1. The number of carbonyl (C=O) groups excluding carboxylic acids is 1. The van der Waals surface area contributed by atoms with Gasteiger partial charge in [0.2, 0.25) is 0 Å². The van der Waals surface area contributed by atoms with Crippen molar-refractivity contribution in [3.8, 4) is 11.5 Å². The van der Waals surface area contributed by atoms with Crippen molar-refractivity contribution >= 4 is 22.4 Å². The molecule has 3 aromatic carbocycles. The van der Waals surface area contributed by atoms with E-state index < -0.39 is 6.10 Å². The van der Waals surface area contributed by atoms with Crippen LogP contribution < -0.4 is 14.8 Å². The molecule has 0 heterocycles. The third-order valence-electron chi connectivity index (χ3n) is 4.18. The molecule has 1 amide bonds. The van der Waals surface area contributed by atoms with Gasteiger partial charge in [0.25, 0.3) is 5.91 Å². The second-order valence-corrected chi connectivity index (χ2v) is 6.67. The van der Waals surface area contributed by atoms with Crippen LogP contribution in [0.3, 0.4) is 0 Å². The van der Waals surface area contributed by atoms with Gasteiger partial charge >= 0.3 is 0 Å². The number of hydrogen-bond acceptors (Lipinski definition) is 3. The summed E-state index contributed by atoms with van der Waals surface area (Å²) in [7, 11) is 0. The first kappa shape index (κ1) is 18.8. The number of rotatable bonds is 7. The minimum Gasteiger partial charge on any atom is -0.491 e. The summed E-state index contributed by atoms with van der Waals surface area (Å²) in [5.74, 6) is 1.33. The summed E-state index contributed by atoms with van der Waals surface area (Å²) in [5.41, 5.74) is 0.719. The summed E-state index contributed by atoms with van der Waals surface area (Å²) in [5, 5.41) is 5.01. The molecule has 3 rings (SSSR count). The summed E-state index contributed by atoms with van der Waals surface area (Å²) in [6, 6.07) is 21.2. The van der Waals surface area contributed by atoms with Gasteiger partial charge in [-0.15, -0.1) is 0 Å². The number of carbonyl (C=O) groups is 1. The van der Waals surface area contributed by atoms with Crippen molar-refractivity contribution in [1.29, 1.82) is 0 Å². The van der Waals surface area contributed by atoms with Crippen LogP contribution in [0.5, 0.6) is 11.5 Å². The normalized spacial score (nSPS) is 12.0. The zero-order chi connectivity index (χ0) is 19.2. The first-order valence-corrected chi connectivity index (χ1v) is 9.29. The maximum absolute atomic E-state index is 12.7. The fourth-order valence-corrected chi connectivity index (χ4v) is 2.89. The maximum Gasteiger partial charge on any atom is 0.265 e. The minimum atomic E-state index is -0.567. The third kappa shape index (κ3) is 4.79. The lowest BCUT2D eigenvalue weighted by molar-refractivity contribution is -0.122. The Kier molecular flexibility index (Phi) is 5.97. The second kappa shape index (κ2) is 8.58. The molecule has 0 spiro atoms. The zero-order valence-electron chi connectivity index (χ0n) is 15.9. The van der Waals surface area contributed by atoms with Gasteiger partial charge in [-0.1, -0.05) is 43.3 Å². The second-order valence-electron chi connectivity index (χ2n) is 6.67. The Balaban J connectivity index is 1.70. The van der Waals surface area contributed by atoms with E-state index in [2.05, 4.69) is 5.32 Å². The summed E-state index contributed by atoms with van der Waals surface area (Å²) in [4.78, 5) is 12.7. The molecule has 4 heteroatoms. The van der Waals surface area contributed by atoms with Crippen molar-refractivity contribution in [3.63, 3.8) is 0 Å². The molecule has 1 N–H and O–H groups in total. The van der Waals surface area contributed by atoms with Crippen LogP contribution in [0.15, 0.2) is 66.7 Å². The molecule has 140 valence electrons. The first-order chi connectivity index (χ1) is 13.1. The topological polar surface area (TPSA) is 47.6 Å². The molecule has 0 unspecified atom stereocenters. The third-order valence-corrected chi connectivity index (χ3v) is 4.18. The summed E-state index contributed by atoms with van der Waals surface area (Å²) in [6.07, 6.45) is 0.121. The smallest absolute Gasteiger partial charge is 0.265 e. The van der Waals surface area contributed by atoms with E-state index in [1.54, 1.807) is 0 Å². The Hall–Kier alpha value is -3.01. The SMILES string of the molecule is CC[C@@H](Oc1cccc2ccccc12)C(=O)Nc1ccc(OC(C)C)cc1. The average Bonchev–Trinajstić information content (AvgIpc) is 2.67. The maximum atomic E-state index is 12.7. The van der Waals surface area contributed by atoms with Gasteiger partial charge in [0.15, 0.2) is 6.10 Å². The molecule has 0 saturated carbocycles. The average molecular weight is 363 g/mol. The van der Waals surface area contributed by atoms with E-state index in [1.807, 2.05) is 87.5 Å². The molecule has 1 atom stereocenters. The van der Waals surface area contributed by atoms with Crippen LogP contribution in [-0.2, 0) is 4.79 Å². The van der Waals surface area contributed by atoms with E-state index in [-0.39, 0.29) is 12.0 Å². The molecule has 0 aliphatic heterocycles. The molecule has 0 aliphatic carbocycles. The Bertz CT molecular complexity index is 898. The molecule has 0 bridgehead atoms. The summed E-state index contributed by atoms with van der Waals surface area (Å²) < 4.78 is 11.7. The van der Waals surface area contributed by atoms with Gasteiger partial charge < -0.3 is 14.8 Å². The largest absolute Gasteiger partial charge is 0.491 e. The number of fused-ring (bicyclic) bond motifs is 1. The molecular weight excluding hydrogens is 338 g/mol. The highest BCUT2D eigenvalue weighted by Gasteiger charge is 2.19. The van der Waals surface area contributed by atoms with Crippen LogP contribution in [0.2, 0.25) is 0 Å². The van der Waals surface area contributed by atoms with Gasteiger partial charge in [-0.3, -0.25) is 4.79 Å². The number of benzene rings is 3. The Labute approximate surface area is 160 Å². The van der Waals surface area contributed by atoms with Gasteiger partial charge in [-0.25, -0.2) is 0 Å². The lowest BCUT2D eigenvalue weighted by atomic mass is 10.1. The van der Waals surface area contributed by atoms with E-state index in [1.165, 1.54) is 0 Å². The van der Waals surface area contributed by atoms with Gasteiger partial charge in [-0.2, -0.15) is 0 Å². The molecular formula is C23H25NO3. The van der Waals surface area contributed by atoms with Crippen LogP contribution in [0.1, 0.15) is 27.2 Å². The lowest BCUT2D eigenvalue weighted by Gasteiger charge is -2.19. The fourth-order valence-electron chi connectivity index (χ4n) is 2.89. The Morgan fingerprint density at radius 1 is 0.926 bits per heavy atom. The van der Waals surface area contributed by atoms with Gasteiger partial charge in [0, 0.05) is 11.1 Å². The Morgan fingerprint density at radius 2 is 1.63 bits per heavy atom.